The standard InChI is InChI=1S/C30H31N3O5S/c1-5-14-32-18-20(21-10-6-8-12-23(21)32)17-25-28(34)33-27(22-11-7-9-13-24(22)37-4)26(19(2)31-30(33)39-25)29(35)38-16-15-36-3/h6-13,17-18,27H,5,14-16H2,1-4H3. The predicted molar refractivity (Wildman–Crippen MR) is 152 cm³/mol. The zero-order chi connectivity index (χ0) is 27.5. The highest BCUT2D eigenvalue weighted by Gasteiger charge is 2.35. The molecule has 0 fully saturated rings. The van der Waals surface area contributed by atoms with E-state index in [2.05, 4.69) is 29.8 Å². The lowest BCUT2D eigenvalue weighted by molar-refractivity contribution is -0.140. The predicted octanol–water partition coefficient (Wildman–Crippen LogP) is 3.80. The number of rotatable bonds is 9. The van der Waals surface area contributed by atoms with Crippen molar-refractivity contribution in [1.29, 1.82) is 0 Å². The number of carbonyl (C=O) groups excluding carboxylic acids is 1. The molecule has 1 aliphatic rings. The van der Waals surface area contributed by atoms with E-state index in [1.807, 2.05) is 42.5 Å². The zero-order valence-corrected chi connectivity index (χ0v) is 23.3. The van der Waals surface area contributed by atoms with Crippen molar-refractivity contribution in [3.63, 3.8) is 0 Å². The Hall–Kier alpha value is -3.95. The zero-order valence-electron chi connectivity index (χ0n) is 22.5. The van der Waals surface area contributed by atoms with E-state index < -0.39 is 12.0 Å². The summed E-state index contributed by atoms with van der Waals surface area (Å²) in [7, 11) is 3.11. The number of para-hydroxylation sites is 2. The Morgan fingerprint density at radius 2 is 1.87 bits per heavy atom. The summed E-state index contributed by atoms with van der Waals surface area (Å²) in [6.45, 7) is 5.16. The van der Waals surface area contributed by atoms with Gasteiger partial charge in [0.1, 0.15) is 18.4 Å². The molecule has 2 aromatic carbocycles. The maximum atomic E-state index is 14.0. The highest BCUT2D eigenvalue weighted by Crippen LogP contribution is 2.35. The Morgan fingerprint density at radius 3 is 2.64 bits per heavy atom. The average molecular weight is 546 g/mol. The minimum Gasteiger partial charge on any atom is -0.496 e. The van der Waals surface area contributed by atoms with Gasteiger partial charge in [0.2, 0.25) is 0 Å². The molecule has 1 unspecified atom stereocenters. The van der Waals surface area contributed by atoms with Crippen LogP contribution >= 0.6 is 11.3 Å². The van der Waals surface area contributed by atoms with Gasteiger partial charge in [-0.2, -0.15) is 0 Å². The number of aromatic nitrogens is 2. The van der Waals surface area contributed by atoms with Crippen LogP contribution in [0.4, 0.5) is 0 Å². The summed E-state index contributed by atoms with van der Waals surface area (Å²) in [5.41, 5.74) is 3.35. The number of carbonyl (C=O) groups is 1. The van der Waals surface area contributed by atoms with Gasteiger partial charge in [-0.15, -0.1) is 0 Å². The van der Waals surface area contributed by atoms with Crippen LogP contribution in [0.3, 0.4) is 0 Å². The number of ether oxygens (including phenoxy) is 3. The fourth-order valence-corrected chi connectivity index (χ4v) is 6.06. The van der Waals surface area contributed by atoms with Crippen LogP contribution in [0, 0.1) is 0 Å². The van der Waals surface area contributed by atoms with E-state index in [-0.39, 0.29) is 18.8 Å². The molecule has 0 saturated heterocycles. The van der Waals surface area contributed by atoms with Gasteiger partial charge in [-0.25, -0.2) is 9.79 Å². The summed E-state index contributed by atoms with van der Waals surface area (Å²) in [6, 6.07) is 14.8. The monoisotopic (exact) mass is 545 g/mol. The van der Waals surface area contributed by atoms with Gasteiger partial charge in [0.15, 0.2) is 4.80 Å². The molecule has 202 valence electrons. The van der Waals surface area contributed by atoms with E-state index in [9.17, 15) is 9.59 Å². The fourth-order valence-electron chi connectivity index (χ4n) is 5.02. The van der Waals surface area contributed by atoms with Gasteiger partial charge < -0.3 is 18.8 Å². The van der Waals surface area contributed by atoms with E-state index in [1.54, 1.807) is 25.7 Å². The molecule has 9 heteroatoms. The molecule has 0 radical (unpaired) electrons. The molecule has 1 atom stereocenters. The summed E-state index contributed by atoms with van der Waals surface area (Å²) < 4.78 is 20.5. The first-order valence-corrected chi connectivity index (χ1v) is 13.7. The first-order valence-electron chi connectivity index (χ1n) is 12.9. The minimum absolute atomic E-state index is 0.0942. The molecule has 0 amide bonds. The van der Waals surface area contributed by atoms with Gasteiger partial charge in [-0.1, -0.05) is 54.7 Å². The summed E-state index contributed by atoms with van der Waals surface area (Å²) in [6.07, 6.45) is 5.02. The molecule has 3 heterocycles. The van der Waals surface area contributed by atoms with Crippen LogP contribution in [0.1, 0.15) is 37.4 Å². The van der Waals surface area contributed by atoms with Crippen molar-refractivity contribution in [3.8, 4) is 5.75 Å². The van der Waals surface area contributed by atoms with Crippen molar-refractivity contribution in [2.75, 3.05) is 27.4 Å². The molecular formula is C30H31N3O5S. The van der Waals surface area contributed by atoms with Crippen LogP contribution in [-0.4, -0.2) is 42.5 Å². The van der Waals surface area contributed by atoms with Gasteiger partial charge in [0, 0.05) is 41.9 Å². The lowest BCUT2D eigenvalue weighted by atomic mass is 9.95. The van der Waals surface area contributed by atoms with Gasteiger partial charge in [0.05, 0.1) is 29.5 Å². The highest BCUT2D eigenvalue weighted by atomic mass is 32.1. The summed E-state index contributed by atoms with van der Waals surface area (Å²) >= 11 is 1.31. The van der Waals surface area contributed by atoms with Crippen molar-refractivity contribution in [1.82, 2.24) is 9.13 Å². The number of allylic oxidation sites excluding steroid dienone is 1. The van der Waals surface area contributed by atoms with Crippen LogP contribution in [0.2, 0.25) is 0 Å². The maximum Gasteiger partial charge on any atom is 0.338 e. The van der Waals surface area contributed by atoms with Crippen LogP contribution in [0.15, 0.2) is 75.8 Å². The minimum atomic E-state index is -0.754. The number of thiazole rings is 1. The molecule has 4 aromatic rings. The Labute approximate surface area is 230 Å². The summed E-state index contributed by atoms with van der Waals surface area (Å²) in [5.74, 6) is 0.0257. The van der Waals surface area contributed by atoms with Gasteiger partial charge in [-0.05, 0) is 31.6 Å². The molecule has 2 aromatic heterocycles. The number of methoxy groups -OCH3 is 2. The second-order valence-corrected chi connectivity index (χ2v) is 10.3. The molecule has 0 spiro atoms. The molecule has 0 saturated carbocycles. The number of hydrogen-bond donors (Lipinski definition) is 0. The molecular weight excluding hydrogens is 514 g/mol. The van der Waals surface area contributed by atoms with Crippen LogP contribution in [-0.2, 0) is 20.8 Å². The smallest absolute Gasteiger partial charge is 0.338 e. The number of nitrogens with zero attached hydrogens (tertiary/aromatic N) is 3. The van der Waals surface area contributed by atoms with E-state index in [1.165, 1.54) is 11.3 Å². The van der Waals surface area contributed by atoms with E-state index >= 15 is 0 Å². The van der Waals surface area contributed by atoms with Crippen molar-refractivity contribution in [2.45, 2.75) is 32.9 Å². The number of hydrogen-bond acceptors (Lipinski definition) is 7. The summed E-state index contributed by atoms with van der Waals surface area (Å²) in [5, 5.41) is 1.08. The topological polar surface area (TPSA) is 84.0 Å². The summed E-state index contributed by atoms with van der Waals surface area (Å²) in [4.78, 5) is 32.6. The third-order valence-electron chi connectivity index (χ3n) is 6.77. The molecule has 8 nitrogen and oxygen atoms in total. The lowest BCUT2D eigenvalue weighted by Gasteiger charge is -2.26. The molecule has 5 rings (SSSR count). The number of esters is 1. The van der Waals surface area contributed by atoms with Crippen LogP contribution < -0.4 is 19.6 Å². The largest absolute Gasteiger partial charge is 0.496 e. The van der Waals surface area contributed by atoms with E-state index in [4.69, 9.17) is 19.2 Å². The third-order valence-corrected chi connectivity index (χ3v) is 7.75. The van der Waals surface area contributed by atoms with E-state index in [0.29, 0.717) is 31.9 Å². The Bertz CT molecular complexity index is 1740. The maximum absolute atomic E-state index is 14.0. The highest BCUT2D eigenvalue weighted by molar-refractivity contribution is 7.07. The SMILES string of the molecule is CCCn1cc(C=c2sc3n(c2=O)C(c2ccccc2OC)C(C(=O)OCCOC)=C(C)N=3)c2ccccc21. The average Bonchev–Trinajstić information content (AvgIpc) is 3.44. The van der Waals surface area contributed by atoms with E-state index in [0.717, 1.165) is 29.4 Å². The van der Waals surface area contributed by atoms with Crippen LogP contribution in [0.25, 0.3) is 17.0 Å². The van der Waals surface area contributed by atoms with Crippen LogP contribution in [0.5, 0.6) is 5.75 Å². The van der Waals surface area contributed by atoms with Gasteiger partial charge >= 0.3 is 5.97 Å². The number of benzene rings is 2. The Balaban J connectivity index is 1.71. The molecule has 0 bridgehead atoms. The quantitative estimate of drug-likeness (QED) is 0.236. The normalized spacial score (nSPS) is 15.4. The second-order valence-electron chi connectivity index (χ2n) is 9.25. The van der Waals surface area contributed by atoms with Crippen molar-refractivity contribution in [3.05, 3.63) is 96.8 Å². The molecule has 0 aliphatic carbocycles. The van der Waals surface area contributed by atoms with Crippen molar-refractivity contribution in [2.24, 2.45) is 4.99 Å². The fraction of sp³-hybridized carbons (Fsp3) is 0.300. The molecule has 39 heavy (non-hydrogen) atoms. The lowest BCUT2D eigenvalue weighted by Crippen LogP contribution is -2.40. The number of aryl methyl sites for hydroxylation is 1. The van der Waals surface area contributed by atoms with Crippen molar-refractivity contribution >= 4 is 34.3 Å². The Kier molecular flexibility index (Phi) is 7.81. The third kappa shape index (κ3) is 4.95. The Morgan fingerprint density at radius 1 is 1.10 bits per heavy atom. The number of fused-ring (bicyclic) bond motifs is 2. The first kappa shape index (κ1) is 26.6. The second kappa shape index (κ2) is 11.4. The molecule has 1 aliphatic heterocycles. The first-order chi connectivity index (χ1) is 19.0. The molecule has 0 N–H and O–H groups in total. The van der Waals surface area contributed by atoms with Crippen molar-refractivity contribution < 1.29 is 19.0 Å². The van der Waals surface area contributed by atoms with Gasteiger partial charge in [-0.3, -0.25) is 9.36 Å². The van der Waals surface area contributed by atoms with Gasteiger partial charge in [0.25, 0.3) is 5.56 Å².